The van der Waals surface area contributed by atoms with E-state index >= 15 is 0 Å². The van der Waals surface area contributed by atoms with Crippen molar-refractivity contribution in [2.75, 3.05) is 30.8 Å². The van der Waals surface area contributed by atoms with Gasteiger partial charge in [-0.15, -0.1) is 0 Å². The van der Waals surface area contributed by atoms with Crippen molar-refractivity contribution in [2.45, 2.75) is 37.9 Å². The lowest BCUT2D eigenvalue weighted by Crippen LogP contribution is -2.13. The molecule has 0 radical (unpaired) electrons. The summed E-state index contributed by atoms with van der Waals surface area (Å²) in [5.41, 5.74) is 1.10. The number of anilines is 1. The Bertz CT molecular complexity index is 400. The standard InChI is InChI=1S/C14H23N3OS/c1-14(2,3)19-7-5-15-13-8-12(16-10-17-13)11-4-6-18-9-11/h8,10-11H,4-7,9H2,1-3H3,(H,15,16,17)/t11-/m1/s1. The first-order chi connectivity index (χ1) is 9.04. The molecular formula is C14H23N3OS. The predicted molar refractivity (Wildman–Crippen MR) is 80.9 cm³/mol. The van der Waals surface area contributed by atoms with Gasteiger partial charge in [0, 0.05) is 35.6 Å². The second kappa shape index (κ2) is 6.57. The zero-order chi connectivity index (χ0) is 13.7. The molecule has 0 unspecified atom stereocenters. The maximum absolute atomic E-state index is 5.40. The largest absolute Gasteiger partial charge is 0.381 e. The van der Waals surface area contributed by atoms with Crippen molar-refractivity contribution in [1.29, 1.82) is 0 Å². The van der Waals surface area contributed by atoms with Crippen LogP contribution in [0.15, 0.2) is 12.4 Å². The lowest BCUT2D eigenvalue weighted by molar-refractivity contribution is 0.193. The smallest absolute Gasteiger partial charge is 0.129 e. The molecule has 1 aromatic rings. The van der Waals surface area contributed by atoms with Crippen LogP contribution < -0.4 is 5.32 Å². The molecule has 1 aromatic heterocycles. The van der Waals surface area contributed by atoms with Crippen LogP contribution in [0.4, 0.5) is 5.82 Å². The quantitative estimate of drug-likeness (QED) is 0.841. The Hall–Kier alpha value is -0.810. The maximum Gasteiger partial charge on any atom is 0.129 e. The van der Waals surface area contributed by atoms with Crippen molar-refractivity contribution in [3.05, 3.63) is 18.1 Å². The van der Waals surface area contributed by atoms with Crippen molar-refractivity contribution >= 4 is 17.6 Å². The van der Waals surface area contributed by atoms with E-state index in [-0.39, 0.29) is 0 Å². The van der Waals surface area contributed by atoms with Crippen molar-refractivity contribution in [3.8, 4) is 0 Å². The second-order valence-corrected chi connectivity index (χ2v) is 7.70. The molecule has 0 spiro atoms. The van der Waals surface area contributed by atoms with E-state index in [0.29, 0.717) is 10.7 Å². The molecule has 0 saturated carbocycles. The fraction of sp³-hybridized carbons (Fsp3) is 0.714. The third-order valence-corrected chi connectivity index (χ3v) is 4.25. The molecule has 0 amide bonds. The summed E-state index contributed by atoms with van der Waals surface area (Å²) >= 11 is 1.96. The molecule has 5 heteroatoms. The number of thioether (sulfide) groups is 1. The zero-order valence-electron chi connectivity index (χ0n) is 12.0. The van der Waals surface area contributed by atoms with E-state index in [1.54, 1.807) is 6.33 Å². The van der Waals surface area contributed by atoms with Crippen LogP contribution in [0.2, 0.25) is 0 Å². The highest BCUT2D eigenvalue weighted by atomic mass is 32.2. The normalized spacial score (nSPS) is 19.6. The van der Waals surface area contributed by atoms with Gasteiger partial charge < -0.3 is 10.1 Å². The Morgan fingerprint density at radius 3 is 2.95 bits per heavy atom. The van der Waals surface area contributed by atoms with E-state index < -0.39 is 0 Å². The highest BCUT2D eigenvalue weighted by Crippen LogP contribution is 2.25. The van der Waals surface area contributed by atoms with Gasteiger partial charge in [-0.3, -0.25) is 0 Å². The minimum atomic E-state index is 0.319. The predicted octanol–water partition coefficient (Wildman–Crippen LogP) is 2.92. The monoisotopic (exact) mass is 281 g/mol. The summed E-state index contributed by atoms with van der Waals surface area (Å²) in [7, 11) is 0. The molecule has 2 rings (SSSR count). The van der Waals surface area contributed by atoms with Crippen LogP contribution in [-0.4, -0.2) is 40.2 Å². The van der Waals surface area contributed by atoms with E-state index in [9.17, 15) is 0 Å². The van der Waals surface area contributed by atoms with Crippen molar-refractivity contribution < 1.29 is 4.74 Å². The van der Waals surface area contributed by atoms with E-state index in [1.165, 1.54) is 0 Å². The summed E-state index contributed by atoms with van der Waals surface area (Å²) in [5.74, 6) is 2.44. The minimum Gasteiger partial charge on any atom is -0.381 e. The molecule has 1 aliphatic heterocycles. The van der Waals surface area contributed by atoms with Crippen molar-refractivity contribution in [2.24, 2.45) is 0 Å². The average Bonchev–Trinajstić information content (AvgIpc) is 2.88. The zero-order valence-corrected chi connectivity index (χ0v) is 12.8. The van der Waals surface area contributed by atoms with Crippen LogP contribution in [0.3, 0.4) is 0 Å². The number of ether oxygens (including phenoxy) is 1. The molecule has 0 bridgehead atoms. The fourth-order valence-corrected chi connectivity index (χ4v) is 2.81. The summed E-state index contributed by atoms with van der Waals surface area (Å²) in [4.78, 5) is 8.63. The molecular weight excluding hydrogens is 258 g/mol. The third kappa shape index (κ3) is 4.99. The summed E-state index contributed by atoms with van der Waals surface area (Å²) < 4.78 is 5.72. The van der Waals surface area contributed by atoms with E-state index in [2.05, 4.69) is 42.1 Å². The van der Waals surface area contributed by atoms with Gasteiger partial charge in [-0.25, -0.2) is 9.97 Å². The van der Waals surface area contributed by atoms with E-state index in [4.69, 9.17) is 4.74 Å². The van der Waals surface area contributed by atoms with Gasteiger partial charge in [0.2, 0.25) is 0 Å². The van der Waals surface area contributed by atoms with Crippen LogP contribution in [-0.2, 0) is 4.74 Å². The molecule has 0 aromatic carbocycles. The molecule has 2 heterocycles. The number of hydrogen-bond acceptors (Lipinski definition) is 5. The maximum atomic E-state index is 5.40. The van der Waals surface area contributed by atoms with Crippen molar-refractivity contribution in [1.82, 2.24) is 9.97 Å². The Morgan fingerprint density at radius 1 is 1.42 bits per heavy atom. The molecule has 19 heavy (non-hydrogen) atoms. The molecule has 0 aliphatic carbocycles. The fourth-order valence-electron chi connectivity index (χ4n) is 2.00. The summed E-state index contributed by atoms with van der Waals surface area (Å²) in [6.45, 7) is 9.27. The number of nitrogens with zero attached hydrogens (tertiary/aromatic N) is 2. The van der Waals surface area contributed by atoms with Crippen LogP contribution in [0.25, 0.3) is 0 Å². The number of rotatable bonds is 5. The second-order valence-electron chi connectivity index (χ2n) is 5.78. The first-order valence-corrected chi connectivity index (χ1v) is 7.81. The first kappa shape index (κ1) is 14.6. The number of nitrogens with one attached hydrogen (secondary N) is 1. The van der Waals surface area contributed by atoms with E-state index in [1.807, 2.05) is 11.8 Å². The summed E-state index contributed by atoms with van der Waals surface area (Å²) in [6.07, 6.45) is 2.71. The number of aromatic nitrogens is 2. The van der Waals surface area contributed by atoms with Crippen LogP contribution in [0.5, 0.6) is 0 Å². The molecule has 106 valence electrons. The molecule has 1 fully saturated rings. The highest BCUT2D eigenvalue weighted by molar-refractivity contribution is 8.00. The minimum absolute atomic E-state index is 0.319. The van der Waals surface area contributed by atoms with Crippen molar-refractivity contribution in [3.63, 3.8) is 0 Å². The molecule has 1 saturated heterocycles. The van der Waals surface area contributed by atoms with Crippen LogP contribution >= 0.6 is 11.8 Å². The Balaban J connectivity index is 1.82. The van der Waals surface area contributed by atoms with Gasteiger partial charge in [-0.1, -0.05) is 20.8 Å². The Kier molecular flexibility index (Phi) is 5.05. The van der Waals surface area contributed by atoms with Gasteiger partial charge in [0.05, 0.1) is 12.3 Å². The molecule has 4 nitrogen and oxygen atoms in total. The van der Waals surface area contributed by atoms with Crippen LogP contribution in [0, 0.1) is 0 Å². The third-order valence-electron chi connectivity index (χ3n) is 2.98. The first-order valence-electron chi connectivity index (χ1n) is 6.82. The molecule has 1 N–H and O–H groups in total. The van der Waals surface area contributed by atoms with Gasteiger partial charge >= 0.3 is 0 Å². The van der Waals surface area contributed by atoms with Gasteiger partial charge in [-0.2, -0.15) is 11.8 Å². The topological polar surface area (TPSA) is 47.0 Å². The SMILES string of the molecule is CC(C)(C)SCCNc1cc([C@@H]2CCOC2)ncn1. The lowest BCUT2D eigenvalue weighted by atomic mass is 10.1. The summed E-state index contributed by atoms with van der Waals surface area (Å²) in [6, 6.07) is 2.06. The van der Waals surface area contributed by atoms with Gasteiger partial charge in [-0.05, 0) is 6.42 Å². The molecule has 1 atom stereocenters. The van der Waals surface area contributed by atoms with Gasteiger partial charge in [0.1, 0.15) is 12.1 Å². The average molecular weight is 281 g/mol. The van der Waals surface area contributed by atoms with Gasteiger partial charge in [0.15, 0.2) is 0 Å². The molecule has 1 aliphatic rings. The van der Waals surface area contributed by atoms with E-state index in [0.717, 1.165) is 43.4 Å². The van der Waals surface area contributed by atoms with Gasteiger partial charge in [0.25, 0.3) is 0 Å². The Morgan fingerprint density at radius 2 is 2.26 bits per heavy atom. The highest BCUT2D eigenvalue weighted by Gasteiger charge is 2.19. The lowest BCUT2D eigenvalue weighted by Gasteiger charge is -2.17. The summed E-state index contributed by atoms with van der Waals surface area (Å²) in [5, 5.41) is 3.37. The Labute approximate surface area is 119 Å². The van der Waals surface area contributed by atoms with Crippen LogP contribution in [0.1, 0.15) is 38.8 Å². The number of hydrogen-bond donors (Lipinski definition) is 1.